The van der Waals surface area contributed by atoms with Crippen molar-refractivity contribution in [3.63, 3.8) is 0 Å². The average molecular weight is 715 g/mol. The lowest BCUT2D eigenvalue weighted by Gasteiger charge is -2.43. The van der Waals surface area contributed by atoms with Crippen LogP contribution < -0.4 is 0 Å². The predicted octanol–water partition coefficient (Wildman–Crippen LogP) is 9.59. The maximum Gasteiger partial charge on any atom is 0.385 e. The number of halogens is 16. The van der Waals surface area contributed by atoms with Crippen molar-refractivity contribution < 1.29 is 89.3 Å². The molecule has 0 aliphatic carbocycles. The monoisotopic (exact) mass is 714 g/mol. The van der Waals surface area contributed by atoms with E-state index in [9.17, 15) is 79.8 Å². The molecule has 0 N–H and O–H groups in total. The lowest BCUT2D eigenvalue weighted by molar-refractivity contribution is -0.454. The second-order valence-electron chi connectivity index (χ2n) is 10.6. The van der Waals surface area contributed by atoms with Gasteiger partial charge in [-0.1, -0.05) is 53.4 Å². The van der Waals surface area contributed by atoms with Crippen LogP contribution in [0.25, 0.3) is 0 Å². The fourth-order valence-corrected chi connectivity index (χ4v) is 4.14. The van der Waals surface area contributed by atoms with Crippen molar-refractivity contribution in [2.75, 3.05) is 13.2 Å². The van der Waals surface area contributed by atoms with E-state index in [1.54, 1.807) is 0 Å². The average Bonchev–Trinajstić information content (AvgIpc) is 2.93. The second-order valence-corrected chi connectivity index (χ2v) is 10.6. The molecule has 0 heterocycles. The lowest BCUT2D eigenvalue weighted by atomic mass is 9.87. The summed E-state index contributed by atoms with van der Waals surface area (Å²) in [5.74, 6) is -69.2. The van der Waals surface area contributed by atoms with Gasteiger partial charge in [0.1, 0.15) is 0 Å². The van der Waals surface area contributed by atoms with E-state index in [0.29, 0.717) is 0 Å². The molecule has 0 bridgehead atoms. The molecule has 0 saturated heterocycles. The molecular formula is C26H34F16O4. The van der Waals surface area contributed by atoms with Gasteiger partial charge in [0.15, 0.2) is 13.2 Å². The van der Waals surface area contributed by atoms with E-state index in [1.807, 2.05) is 0 Å². The minimum atomic E-state index is -8.61. The Morgan fingerprint density at radius 3 is 0.804 bits per heavy atom. The van der Waals surface area contributed by atoms with Gasteiger partial charge in [0.2, 0.25) is 0 Å². The van der Waals surface area contributed by atoms with Crippen molar-refractivity contribution in [1.29, 1.82) is 0 Å². The molecule has 0 amide bonds. The Bertz CT molecular complexity index is 910. The quantitative estimate of drug-likeness (QED) is 0.0879. The Hall–Kier alpha value is -2.18. The molecule has 0 fully saturated rings. The van der Waals surface area contributed by atoms with Gasteiger partial charge in [0, 0.05) is 0 Å². The number of hydrogen-bond acceptors (Lipinski definition) is 4. The summed E-state index contributed by atoms with van der Waals surface area (Å²) in [4.78, 5) is 23.8. The van der Waals surface area contributed by atoms with Crippen molar-refractivity contribution >= 4 is 11.9 Å². The van der Waals surface area contributed by atoms with Crippen LogP contribution in [0, 0.1) is 11.8 Å². The Kier molecular flexibility index (Phi) is 14.6. The molecule has 0 aliphatic rings. The summed E-state index contributed by atoms with van der Waals surface area (Å²) in [5.41, 5.74) is 0. The van der Waals surface area contributed by atoms with E-state index >= 15 is 0 Å². The van der Waals surface area contributed by atoms with Crippen LogP contribution >= 0.6 is 0 Å². The second kappa shape index (κ2) is 15.4. The first-order valence-corrected chi connectivity index (χ1v) is 13.9. The molecule has 0 radical (unpaired) electrons. The topological polar surface area (TPSA) is 52.6 Å². The van der Waals surface area contributed by atoms with Crippen LogP contribution in [0.1, 0.15) is 79.1 Å². The van der Waals surface area contributed by atoms with Gasteiger partial charge in [-0.2, -0.15) is 70.2 Å². The van der Waals surface area contributed by atoms with E-state index < -0.39 is 84.4 Å². The standard InChI is InChI=1S/C26H34F16O4/c1-5-9-15(10-6-2)17(43)45-13-19(27,28)21(31,32)23(35,36)25(39,40)26(41,42)24(37,38)22(33,34)20(29,30)14-46-18(44)16(11-7-3)12-8-4/h15-16H,5-14H2,1-4H3. The first-order valence-electron chi connectivity index (χ1n) is 13.9. The maximum absolute atomic E-state index is 14.2. The van der Waals surface area contributed by atoms with Gasteiger partial charge in [0.05, 0.1) is 11.8 Å². The van der Waals surface area contributed by atoms with E-state index in [-0.39, 0.29) is 51.4 Å². The zero-order chi connectivity index (χ0) is 36.8. The van der Waals surface area contributed by atoms with E-state index in [2.05, 4.69) is 9.47 Å². The minimum absolute atomic E-state index is 0.125. The first kappa shape index (κ1) is 43.8. The molecule has 0 rings (SSSR count). The molecule has 46 heavy (non-hydrogen) atoms. The molecule has 0 unspecified atom stereocenters. The third-order valence-corrected chi connectivity index (χ3v) is 6.90. The Morgan fingerprint density at radius 2 is 0.609 bits per heavy atom. The van der Waals surface area contributed by atoms with Crippen LogP contribution in [0.4, 0.5) is 70.2 Å². The Balaban J connectivity index is 6.44. The fourth-order valence-electron chi connectivity index (χ4n) is 4.14. The molecule has 20 heteroatoms. The van der Waals surface area contributed by atoms with Crippen molar-refractivity contribution in [2.45, 2.75) is 126 Å². The highest BCUT2D eigenvalue weighted by Crippen LogP contribution is 2.63. The van der Waals surface area contributed by atoms with Crippen LogP contribution in [0.3, 0.4) is 0 Å². The van der Waals surface area contributed by atoms with Gasteiger partial charge in [-0.3, -0.25) is 9.59 Å². The summed E-state index contributed by atoms with van der Waals surface area (Å²) in [7, 11) is 0. The van der Waals surface area contributed by atoms with Gasteiger partial charge in [-0.25, -0.2) is 0 Å². The Morgan fingerprint density at radius 1 is 0.413 bits per heavy atom. The third kappa shape index (κ3) is 8.09. The van der Waals surface area contributed by atoms with Gasteiger partial charge in [-0.15, -0.1) is 0 Å². The van der Waals surface area contributed by atoms with E-state index in [1.165, 1.54) is 27.7 Å². The highest BCUT2D eigenvalue weighted by molar-refractivity contribution is 5.72. The lowest BCUT2D eigenvalue weighted by Crippen LogP contribution is -2.75. The van der Waals surface area contributed by atoms with Crippen molar-refractivity contribution in [1.82, 2.24) is 0 Å². The smallest absolute Gasteiger partial charge is 0.385 e. The molecular weight excluding hydrogens is 680 g/mol. The summed E-state index contributed by atoms with van der Waals surface area (Å²) in [6.45, 7) is -0.543. The molecule has 0 saturated carbocycles. The highest BCUT2D eigenvalue weighted by atomic mass is 19.4. The normalized spacial score (nSPS) is 14.7. The number of ether oxygens (including phenoxy) is 2. The molecule has 0 aromatic heterocycles. The SMILES string of the molecule is CCCC(CCC)C(=O)OCC(F)(F)C(F)(F)C(F)(F)C(F)(F)C(F)(F)C(F)(F)C(F)(F)C(F)(F)COC(=O)C(CCC)CCC. The number of alkyl halides is 16. The number of carbonyl (C=O) groups excluding carboxylic acids is 2. The van der Waals surface area contributed by atoms with Gasteiger partial charge < -0.3 is 9.47 Å². The fraction of sp³-hybridized carbons (Fsp3) is 0.923. The summed E-state index contributed by atoms with van der Waals surface area (Å²) < 4.78 is 234. The van der Waals surface area contributed by atoms with Gasteiger partial charge in [-0.05, 0) is 25.7 Å². The van der Waals surface area contributed by atoms with Gasteiger partial charge in [0.25, 0.3) is 0 Å². The van der Waals surface area contributed by atoms with E-state index in [0.717, 1.165) is 0 Å². The molecule has 0 aliphatic heterocycles. The zero-order valence-corrected chi connectivity index (χ0v) is 24.9. The predicted molar refractivity (Wildman–Crippen MR) is 128 cm³/mol. The van der Waals surface area contributed by atoms with Gasteiger partial charge >= 0.3 is 59.3 Å². The number of hydrogen-bond donors (Lipinski definition) is 0. The van der Waals surface area contributed by atoms with Crippen LogP contribution in [-0.2, 0) is 19.1 Å². The van der Waals surface area contributed by atoms with Crippen LogP contribution in [0.5, 0.6) is 0 Å². The van der Waals surface area contributed by atoms with E-state index in [4.69, 9.17) is 0 Å². The first-order chi connectivity index (χ1) is 20.6. The van der Waals surface area contributed by atoms with Crippen molar-refractivity contribution in [2.24, 2.45) is 11.8 Å². The molecule has 0 spiro atoms. The molecule has 0 aromatic carbocycles. The summed E-state index contributed by atoms with van der Waals surface area (Å²) >= 11 is 0. The minimum Gasteiger partial charge on any atom is -0.459 e. The number of rotatable bonds is 21. The summed E-state index contributed by atoms with van der Waals surface area (Å²) in [6.07, 6.45) is 0.185. The number of carbonyl (C=O) groups is 2. The number of esters is 2. The third-order valence-electron chi connectivity index (χ3n) is 6.90. The molecule has 4 nitrogen and oxygen atoms in total. The Labute approximate surface area is 253 Å². The molecule has 0 aromatic rings. The van der Waals surface area contributed by atoms with Crippen LogP contribution in [-0.4, -0.2) is 72.5 Å². The summed E-state index contributed by atoms with van der Waals surface area (Å²) in [6, 6.07) is 0. The molecule has 0 atom stereocenters. The maximum atomic E-state index is 14.2. The zero-order valence-electron chi connectivity index (χ0n) is 24.9. The summed E-state index contributed by atoms with van der Waals surface area (Å²) in [5, 5.41) is 0. The van der Waals surface area contributed by atoms with Crippen molar-refractivity contribution in [3.05, 3.63) is 0 Å². The molecule has 274 valence electrons. The van der Waals surface area contributed by atoms with Crippen LogP contribution in [0.2, 0.25) is 0 Å². The van der Waals surface area contributed by atoms with Crippen LogP contribution in [0.15, 0.2) is 0 Å². The highest BCUT2D eigenvalue weighted by Gasteiger charge is 2.95. The largest absolute Gasteiger partial charge is 0.459 e. The van der Waals surface area contributed by atoms with Crippen molar-refractivity contribution in [3.8, 4) is 0 Å².